The Morgan fingerprint density at radius 2 is 1.73 bits per heavy atom. The summed E-state index contributed by atoms with van der Waals surface area (Å²) in [5.74, 6) is 0.172. The molecule has 2 rings (SSSR count). The van der Waals surface area contributed by atoms with Gasteiger partial charge in [-0.05, 0) is 55.7 Å². The standard InChI is InChI=1S/C20H25N3O3/c1-20(2,19(25)23-14-16-7-10-21-11-8-16)18(24)22-12-9-15-5-4-6-17(13-15)26-3/h4-8,10-11,13H,9,12,14H2,1-3H3,(H,22,24)(H,23,25). The first-order valence-electron chi connectivity index (χ1n) is 8.52. The minimum Gasteiger partial charge on any atom is -0.497 e. The van der Waals surface area contributed by atoms with Crippen molar-refractivity contribution in [3.05, 3.63) is 59.9 Å². The number of rotatable bonds is 8. The van der Waals surface area contributed by atoms with Gasteiger partial charge in [0.1, 0.15) is 11.2 Å². The van der Waals surface area contributed by atoms with E-state index in [-0.39, 0.29) is 11.8 Å². The fraction of sp³-hybridized carbons (Fsp3) is 0.350. The maximum Gasteiger partial charge on any atom is 0.235 e. The van der Waals surface area contributed by atoms with Crippen LogP contribution in [0.3, 0.4) is 0 Å². The summed E-state index contributed by atoms with van der Waals surface area (Å²) < 4.78 is 5.19. The molecule has 26 heavy (non-hydrogen) atoms. The van der Waals surface area contributed by atoms with E-state index in [9.17, 15) is 9.59 Å². The van der Waals surface area contributed by atoms with Gasteiger partial charge in [-0.1, -0.05) is 12.1 Å². The van der Waals surface area contributed by atoms with Crippen molar-refractivity contribution >= 4 is 11.8 Å². The highest BCUT2D eigenvalue weighted by Crippen LogP contribution is 2.16. The number of methoxy groups -OCH3 is 1. The second-order valence-electron chi connectivity index (χ2n) is 6.52. The van der Waals surface area contributed by atoms with E-state index in [2.05, 4.69) is 15.6 Å². The molecular weight excluding hydrogens is 330 g/mol. The molecule has 0 atom stereocenters. The van der Waals surface area contributed by atoms with Gasteiger partial charge in [-0.3, -0.25) is 14.6 Å². The molecule has 0 fully saturated rings. The first-order valence-corrected chi connectivity index (χ1v) is 8.52. The van der Waals surface area contributed by atoms with Crippen LogP contribution in [0.25, 0.3) is 0 Å². The lowest BCUT2D eigenvalue weighted by molar-refractivity contribution is -0.141. The van der Waals surface area contributed by atoms with E-state index in [4.69, 9.17) is 4.74 Å². The van der Waals surface area contributed by atoms with Crippen molar-refractivity contribution < 1.29 is 14.3 Å². The molecule has 0 spiro atoms. The van der Waals surface area contributed by atoms with Crippen LogP contribution in [0, 0.1) is 5.41 Å². The number of nitrogens with one attached hydrogen (secondary N) is 2. The van der Waals surface area contributed by atoms with E-state index >= 15 is 0 Å². The van der Waals surface area contributed by atoms with Crippen molar-refractivity contribution in [1.29, 1.82) is 0 Å². The van der Waals surface area contributed by atoms with Crippen molar-refractivity contribution in [3.8, 4) is 5.75 Å². The quantitative estimate of drug-likeness (QED) is 0.711. The number of amides is 2. The molecule has 6 heteroatoms. The van der Waals surface area contributed by atoms with Crippen molar-refractivity contribution in [2.45, 2.75) is 26.8 Å². The molecule has 6 nitrogen and oxygen atoms in total. The number of nitrogens with zero attached hydrogens (tertiary/aromatic N) is 1. The third-order valence-corrected chi connectivity index (χ3v) is 4.17. The molecule has 1 heterocycles. The third-order valence-electron chi connectivity index (χ3n) is 4.17. The van der Waals surface area contributed by atoms with E-state index in [0.29, 0.717) is 19.5 Å². The summed E-state index contributed by atoms with van der Waals surface area (Å²) in [6.07, 6.45) is 3.99. The topological polar surface area (TPSA) is 80.3 Å². The highest BCUT2D eigenvalue weighted by molar-refractivity contribution is 6.04. The minimum atomic E-state index is -1.15. The molecule has 2 N–H and O–H groups in total. The van der Waals surface area contributed by atoms with Crippen LogP contribution in [-0.4, -0.2) is 30.5 Å². The number of hydrogen-bond donors (Lipinski definition) is 2. The van der Waals surface area contributed by atoms with Gasteiger partial charge in [0.15, 0.2) is 0 Å². The van der Waals surface area contributed by atoms with Crippen molar-refractivity contribution in [2.24, 2.45) is 5.41 Å². The van der Waals surface area contributed by atoms with Crippen LogP contribution in [0.4, 0.5) is 0 Å². The van der Waals surface area contributed by atoms with E-state index in [1.165, 1.54) is 0 Å². The second-order valence-corrected chi connectivity index (χ2v) is 6.52. The molecule has 0 aliphatic rings. The number of carbonyl (C=O) groups is 2. The number of pyridine rings is 1. The fourth-order valence-electron chi connectivity index (χ4n) is 2.38. The SMILES string of the molecule is COc1cccc(CCNC(=O)C(C)(C)C(=O)NCc2ccncc2)c1. The summed E-state index contributed by atoms with van der Waals surface area (Å²) >= 11 is 0. The number of benzene rings is 1. The Labute approximate surface area is 154 Å². The molecule has 0 bridgehead atoms. The molecule has 0 aliphatic heterocycles. The van der Waals surface area contributed by atoms with Gasteiger partial charge < -0.3 is 15.4 Å². The van der Waals surface area contributed by atoms with Crippen LogP contribution in [0.5, 0.6) is 5.75 Å². The normalized spacial score (nSPS) is 10.9. The predicted octanol–water partition coefficient (Wildman–Crippen LogP) is 2.09. The Hall–Kier alpha value is -2.89. The van der Waals surface area contributed by atoms with Crippen LogP contribution in [0.15, 0.2) is 48.8 Å². The Bertz CT molecular complexity index is 745. The number of ether oxygens (including phenoxy) is 1. The molecule has 0 unspecified atom stereocenters. The maximum atomic E-state index is 12.4. The van der Waals surface area contributed by atoms with Crippen LogP contribution < -0.4 is 15.4 Å². The van der Waals surface area contributed by atoms with Gasteiger partial charge in [0, 0.05) is 25.5 Å². The van der Waals surface area contributed by atoms with Gasteiger partial charge >= 0.3 is 0 Å². The largest absolute Gasteiger partial charge is 0.497 e. The molecule has 1 aromatic heterocycles. The lowest BCUT2D eigenvalue weighted by atomic mass is 9.91. The van der Waals surface area contributed by atoms with Crippen molar-refractivity contribution in [1.82, 2.24) is 15.6 Å². The molecule has 138 valence electrons. The Balaban J connectivity index is 1.83. The van der Waals surface area contributed by atoms with Gasteiger partial charge in [0.2, 0.25) is 11.8 Å². The van der Waals surface area contributed by atoms with E-state index in [0.717, 1.165) is 16.9 Å². The van der Waals surface area contributed by atoms with Crippen LogP contribution in [-0.2, 0) is 22.6 Å². The molecule has 0 saturated heterocycles. The number of hydrogen-bond acceptors (Lipinski definition) is 4. The summed E-state index contributed by atoms with van der Waals surface area (Å²) in [5.41, 5.74) is 0.841. The second kappa shape index (κ2) is 8.99. The maximum absolute atomic E-state index is 12.4. The summed E-state index contributed by atoms with van der Waals surface area (Å²) in [6, 6.07) is 11.3. The first kappa shape index (κ1) is 19.4. The molecule has 0 radical (unpaired) electrons. The summed E-state index contributed by atoms with van der Waals surface area (Å²) in [5, 5.41) is 5.64. The summed E-state index contributed by atoms with van der Waals surface area (Å²) in [4.78, 5) is 28.8. The summed E-state index contributed by atoms with van der Waals surface area (Å²) in [7, 11) is 1.62. The van der Waals surface area contributed by atoms with E-state index < -0.39 is 5.41 Å². The summed E-state index contributed by atoms with van der Waals surface area (Å²) in [6.45, 7) is 4.06. The van der Waals surface area contributed by atoms with Crippen molar-refractivity contribution in [3.63, 3.8) is 0 Å². The lowest BCUT2D eigenvalue weighted by Gasteiger charge is -2.22. The Kier molecular flexibility index (Phi) is 6.72. The highest BCUT2D eigenvalue weighted by atomic mass is 16.5. The lowest BCUT2D eigenvalue weighted by Crippen LogP contribution is -2.48. The fourth-order valence-corrected chi connectivity index (χ4v) is 2.38. The van der Waals surface area contributed by atoms with Crippen LogP contribution >= 0.6 is 0 Å². The molecule has 0 aliphatic carbocycles. The van der Waals surface area contributed by atoms with Gasteiger partial charge in [0.05, 0.1) is 7.11 Å². The molecular formula is C20H25N3O3. The van der Waals surface area contributed by atoms with Gasteiger partial charge in [-0.15, -0.1) is 0 Å². The average molecular weight is 355 g/mol. The third kappa shape index (κ3) is 5.31. The van der Waals surface area contributed by atoms with E-state index in [1.807, 2.05) is 36.4 Å². The molecule has 1 aromatic carbocycles. The van der Waals surface area contributed by atoms with Crippen molar-refractivity contribution in [2.75, 3.05) is 13.7 Å². The minimum absolute atomic E-state index is 0.298. The van der Waals surface area contributed by atoms with Gasteiger partial charge in [0.25, 0.3) is 0 Å². The van der Waals surface area contributed by atoms with Gasteiger partial charge in [-0.25, -0.2) is 0 Å². The number of aromatic nitrogens is 1. The Morgan fingerprint density at radius 3 is 2.42 bits per heavy atom. The first-order chi connectivity index (χ1) is 12.4. The van der Waals surface area contributed by atoms with Crippen LogP contribution in [0.2, 0.25) is 0 Å². The zero-order valence-electron chi connectivity index (χ0n) is 15.4. The highest BCUT2D eigenvalue weighted by Gasteiger charge is 2.35. The molecule has 0 saturated carbocycles. The molecule has 2 aromatic rings. The zero-order valence-corrected chi connectivity index (χ0v) is 15.4. The smallest absolute Gasteiger partial charge is 0.235 e. The zero-order chi connectivity index (χ0) is 19.0. The Morgan fingerprint density at radius 1 is 1.04 bits per heavy atom. The molecule has 2 amide bonds. The average Bonchev–Trinajstić information content (AvgIpc) is 2.66. The predicted molar refractivity (Wildman–Crippen MR) is 99.6 cm³/mol. The van der Waals surface area contributed by atoms with Gasteiger partial charge in [-0.2, -0.15) is 0 Å². The monoisotopic (exact) mass is 355 g/mol. The van der Waals surface area contributed by atoms with Crippen LogP contribution in [0.1, 0.15) is 25.0 Å². The van der Waals surface area contributed by atoms with E-state index in [1.54, 1.807) is 33.4 Å². The number of carbonyl (C=O) groups excluding carboxylic acids is 2.